The monoisotopic (exact) mass is 230 g/mol. The van der Waals surface area contributed by atoms with E-state index in [0.29, 0.717) is 19.4 Å². The molecule has 0 spiro atoms. The Balaban J connectivity index is 4.55. The highest BCUT2D eigenvalue weighted by Crippen LogP contribution is 2.14. The van der Waals surface area contributed by atoms with E-state index in [-0.39, 0.29) is 5.78 Å². The molecule has 4 nitrogen and oxygen atoms in total. The fourth-order valence-corrected chi connectivity index (χ4v) is 1.59. The number of carbonyl (C=O) groups excluding carboxylic acids is 2. The number of hydrogen-bond donors (Lipinski definition) is 0. The fourth-order valence-electron chi connectivity index (χ4n) is 1.59. The van der Waals surface area contributed by atoms with E-state index in [0.717, 1.165) is 6.42 Å². The number of ether oxygens (including phenoxy) is 2. The van der Waals surface area contributed by atoms with E-state index in [9.17, 15) is 9.59 Å². The van der Waals surface area contributed by atoms with Crippen molar-refractivity contribution in [3.05, 3.63) is 0 Å². The summed E-state index contributed by atoms with van der Waals surface area (Å²) < 4.78 is 9.98. The van der Waals surface area contributed by atoms with Gasteiger partial charge in [-0.1, -0.05) is 20.3 Å². The molecule has 0 bridgehead atoms. The Kier molecular flexibility index (Phi) is 7.81. The first-order valence-electron chi connectivity index (χ1n) is 5.85. The molecule has 0 N–H and O–H groups in total. The molecule has 4 heteroatoms. The van der Waals surface area contributed by atoms with Crippen molar-refractivity contribution in [2.45, 2.75) is 46.1 Å². The van der Waals surface area contributed by atoms with Crippen molar-refractivity contribution >= 4 is 11.8 Å². The van der Waals surface area contributed by atoms with Gasteiger partial charge in [0, 0.05) is 7.11 Å². The fraction of sp³-hybridized carbons (Fsp3) is 0.833. The third kappa shape index (κ3) is 4.31. The summed E-state index contributed by atoms with van der Waals surface area (Å²) in [5.41, 5.74) is 0. The van der Waals surface area contributed by atoms with Crippen LogP contribution >= 0.6 is 0 Å². The second-order valence-corrected chi connectivity index (χ2v) is 3.63. The number of hydrogen-bond acceptors (Lipinski definition) is 4. The summed E-state index contributed by atoms with van der Waals surface area (Å²) in [5, 5.41) is 0. The first-order chi connectivity index (χ1) is 7.62. The standard InChI is InChI=1S/C12H22O4/c1-5-8-10(15-4)11(13)9(6-2)12(14)16-7-3/h9-10H,5-8H2,1-4H3. The number of ketones is 1. The zero-order valence-corrected chi connectivity index (χ0v) is 10.6. The molecular formula is C12H22O4. The number of carbonyl (C=O) groups is 2. The maximum atomic E-state index is 12.0. The molecule has 0 fully saturated rings. The van der Waals surface area contributed by atoms with Gasteiger partial charge < -0.3 is 9.47 Å². The van der Waals surface area contributed by atoms with Gasteiger partial charge in [0.2, 0.25) is 0 Å². The Morgan fingerprint density at radius 2 is 1.81 bits per heavy atom. The van der Waals surface area contributed by atoms with Crippen LogP contribution in [0.2, 0.25) is 0 Å². The van der Waals surface area contributed by atoms with Gasteiger partial charge in [0.05, 0.1) is 6.61 Å². The molecular weight excluding hydrogens is 208 g/mol. The molecule has 0 aliphatic carbocycles. The zero-order chi connectivity index (χ0) is 12.6. The lowest BCUT2D eigenvalue weighted by molar-refractivity contribution is -0.154. The molecule has 0 rings (SSSR count). The summed E-state index contributed by atoms with van der Waals surface area (Å²) in [6, 6.07) is 0. The van der Waals surface area contributed by atoms with Crippen LogP contribution in [0.5, 0.6) is 0 Å². The molecule has 2 atom stereocenters. The predicted octanol–water partition coefficient (Wildman–Crippen LogP) is 1.96. The third-order valence-corrected chi connectivity index (χ3v) is 2.48. The van der Waals surface area contributed by atoms with Gasteiger partial charge in [-0.2, -0.15) is 0 Å². The van der Waals surface area contributed by atoms with E-state index in [1.807, 2.05) is 6.92 Å². The topological polar surface area (TPSA) is 52.6 Å². The van der Waals surface area contributed by atoms with Crippen LogP contribution < -0.4 is 0 Å². The second-order valence-electron chi connectivity index (χ2n) is 3.63. The van der Waals surface area contributed by atoms with Crippen LogP contribution in [0.3, 0.4) is 0 Å². The Hall–Kier alpha value is -0.900. The van der Waals surface area contributed by atoms with E-state index in [4.69, 9.17) is 9.47 Å². The number of methoxy groups -OCH3 is 1. The van der Waals surface area contributed by atoms with Gasteiger partial charge in [-0.25, -0.2) is 0 Å². The third-order valence-electron chi connectivity index (χ3n) is 2.48. The summed E-state index contributed by atoms with van der Waals surface area (Å²) in [6.45, 7) is 5.81. The van der Waals surface area contributed by atoms with Gasteiger partial charge in [0.1, 0.15) is 12.0 Å². The first kappa shape index (κ1) is 15.1. The SMILES string of the molecule is CCCC(OC)C(=O)C(CC)C(=O)OCC. The van der Waals surface area contributed by atoms with Gasteiger partial charge in [0.15, 0.2) is 5.78 Å². The summed E-state index contributed by atoms with van der Waals surface area (Å²) >= 11 is 0. The van der Waals surface area contributed by atoms with Crippen molar-refractivity contribution < 1.29 is 19.1 Å². The highest BCUT2D eigenvalue weighted by molar-refractivity contribution is 6.01. The molecule has 16 heavy (non-hydrogen) atoms. The van der Waals surface area contributed by atoms with Gasteiger partial charge >= 0.3 is 5.97 Å². The van der Waals surface area contributed by atoms with Crippen molar-refractivity contribution in [2.24, 2.45) is 5.92 Å². The molecule has 0 radical (unpaired) electrons. The van der Waals surface area contributed by atoms with Crippen LogP contribution in [0.4, 0.5) is 0 Å². The van der Waals surface area contributed by atoms with E-state index < -0.39 is 18.0 Å². The summed E-state index contributed by atoms with van der Waals surface area (Å²) in [5.74, 6) is -1.28. The molecule has 0 amide bonds. The van der Waals surface area contributed by atoms with Crippen LogP contribution in [0.15, 0.2) is 0 Å². The quantitative estimate of drug-likeness (QED) is 0.472. The average Bonchev–Trinajstić information content (AvgIpc) is 2.27. The molecule has 0 aliphatic heterocycles. The van der Waals surface area contributed by atoms with Crippen LogP contribution in [0.25, 0.3) is 0 Å². The lowest BCUT2D eigenvalue weighted by atomic mass is 9.95. The lowest BCUT2D eigenvalue weighted by Crippen LogP contribution is -2.35. The van der Waals surface area contributed by atoms with E-state index in [1.54, 1.807) is 13.8 Å². The normalized spacial score (nSPS) is 14.2. The Bertz CT molecular complexity index is 225. The minimum absolute atomic E-state index is 0.162. The predicted molar refractivity (Wildman–Crippen MR) is 61.1 cm³/mol. The first-order valence-corrected chi connectivity index (χ1v) is 5.85. The zero-order valence-electron chi connectivity index (χ0n) is 10.6. The highest BCUT2D eigenvalue weighted by atomic mass is 16.5. The minimum Gasteiger partial charge on any atom is -0.465 e. The molecule has 0 aliphatic rings. The lowest BCUT2D eigenvalue weighted by Gasteiger charge is -2.18. The van der Waals surface area contributed by atoms with Crippen molar-refractivity contribution in [1.82, 2.24) is 0 Å². The number of esters is 1. The maximum Gasteiger partial charge on any atom is 0.316 e. The van der Waals surface area contributed by atoms with E-state index in [1.165, 1.54) is 7.11 Å². The van der Waals surface area contributed by atoms with Crippen molar-refractivity contribution in [1.29, 1.82) is 0 Å². The summed E-state index contributed by atoms with van der Waals surface area (Å²) in [7, 11) is 1.50. The van der Waals surface area contributed by atoms with Gasteiger partial charge in [0.25, 0.3) is 0 Å². The van der Waals surface area contributed by atoms with Gasteiger partial charge in [-0.15, -0.1) is 0 Å². The Morgan fingerprint density at radius 1 is 1.19 bits per heavy atom. The van der Waals surface area contributed by atoms with E-state index >= 15 is 0 Å². The minimum atomic E-state index is -0.684. The van der Waals surface area contributed by atoms with Crippen LogP contribution in [0.1, 0.15) is 40.0 Å². The number of Topliss-reactive ketones (excluding diaryl/α,β-unsaturated/α-hetero) is 1. The Morgan fingerprint density at radius 3 is 2.19 bits per heavy atom. The average molecular weight is 230 g/mol. The smallest absolute Gasteiger partial charge is 0.316 e. The van der Waals surface area contributed by atoms with Crippen LogP contribution in [-0.2, 0) is 19.1 Å². The molecule has 0 aromatic heterocycles. The molecule has 0 saturated heterocycles. The van der Waals surface area contributed by atoms with Crippen molar-refractivity contribution in [3.63, 3.8) is 0 Å². The molecule has 0 aromatic rings. The largest absolute Gasteiger partial charge is 0.465 e. The molecule has 94 valence electrons. The van der Waals surface area contributed by atoms with Crippen molar-refractivity contribution in [3.8, 4) is 0 Å². The van der Waals surface area contributed by atoms with Crippen molar-refractivity contribution in [2.75, 3.05) is 13.7 Å². The number of rotatable bonds is 8. The summed E-state index contributed by atoms with van der Waals surface area (Å²) in [4.78, 5) is 23.5. The van der Waals surface area contributed by atoms with Crippen LogP contribution in [-0.4, -0.2) is 31.6 Å². The highest BCUT2D eigenvalue weighted by Gasteiger charge is 2.31. The molecule has 0 heterocycles. The summed E-state index contributed by atoms with van der Waals surface area (Å²) in [6.07, 6.45) is 1.47. The molecule has 0 saturated carbocycles. The van der Waals surface area contributed by atoms with Gasteiger partial charge in [-0.3, -0.25) is 9.59 Å². The maximum absolute atomic E-state index is 12.0. The van der Waals surface area contributed by atoms with E-state index in [2.05, 4.69) is 0 Å². The molecule has 0 aromatic carbocycles. The van der Waals surface area contributed by atoms with Gasteiger partial charge in [-0.05, 0) is 19.8 Å². The second kappa shape index (κ2) is 8.28. The van der Waals surface area contributed by atoms with Crippen LogP contribution in [0, 0.1) is 5.92 Å². The Labute approximate surface area is 97.3 Å². The molecule has 2 unspecified atom stereocenters.